The minimum absolute atomic E-state index is 0.213. The summed E-state index contributed by atoms with van der Waals surface area (Å²) in [6, 6.07) is 7.01. The van der Waals surface area contributed by atoms with E-state index in [1.165, 1.54) is 0 Å². The third-order valence-corrected chi connectivity index (χ3v) is 3.00. The highest BCUT2D eigenvalue weighted by atomic mass is 35.5. The number of anilines is 1. The Kier molecular flexibility index (Phi) is 3.70. The summed E-state index contributed by atoms with van der Waals surface area (Å²) in [5.41, 5.74) is 1.13. The van der Waals surface area contributed by atoms with Crippen LogP contribution in [0.2, 0.25) is 5.02 Å². The van der Waals surface area contributed by atoms with E-state index in [0.29, 0.717) is 29.4 Å². The van der Waals surface area contributed by atoms with Crippen LogP contribution < -0.4 is 4.90 Å². The van der Waals surface area contributed by atoms with Crippen molar-refractivity contribution in [1.29, 1.82) is 5.26 Å². The minimum Gasteiger partial charge on any atom is -0.479 e. The number of nitrogens with zero attached hydrogens (tertiary/aromatic N) is 2. The molecule has 1 N–H and O–H groups in total. The van der Waals surface area contributed by atoms with Crippen molar-refractivity contribution in [3.05, 3.63) is 28.8 Å². The first-order chi connectivity index (χ1) is 8.61. The first-order valence-electron chi connectivity index (χ1n) is 5.41. The van der Waals surface area contributed by atoms with Gasteiger partial charge in [0.15, 0.2) is 6.10 Å². The summed E-state index contributed by atoms with van der Waals surface area (Å²) < 4.78 is 5.14. The van der Waals surface area contributed by atoms with Crippen molar-refractivity contribution in [2.45, 2.75) is 6.10 Å². The van der Waals surface area contributed by atoms with E-state index in [4.69, 9.17) is 26.7 Å². The Morgan fingerprint density at radius 1 is 1.61 bits per heavy atom. The van der Waals surface area contributed by atoms with Crippen LogP contribution in [0.1, 0.15) is 5.56 Å². The lowest BCUT2D eigenvalue weighted by atomic mass is 10.1. The zero-order valence-corrected chi connectivity index (χ0v) is 10.2. The van der Waals surface area contributed by atoms with E-state index in [1.54, 1.807) is 18.2 Å². The maximum atomic E-state index is 10.9. The molecule has 0 spiro atoms. The summed E-state index contributed by atoms with van der Waals surface area (Å²) in [5.74, 6) is -1.000. The van der Waals surface area contributed by atoms with Crippen molar-refractivity contribution in [1.82, 2.24) is 0 Å². The van der Waals surface area contributed by atoms with Crippen LogP contribution in [-0.2, 0) is 9.53 Å². The van der Waals surface area contributed by atoms with E-state index in [0.717, 1.165) is 0 Å². The first kappa shape index (κ1) is 12.7. The molecule has 1 unspecified atom stereocenters. The van der Waals surface area contributed by atoms with Crippen molar-refractivity contribution < 1.29 is 14.6 Å². The Morgan fingerprint density at radius 3 is 3.06 bits per heavy atom. The number of benzene rings is 1. The van der Waals surface area contributed by atoms with Gasteiger partial charge in [0.25, 0.3) is 0 Å². The lowest BCUT2D eigenvalue weighted by Crippen LogP contribution is -2.46. The number of halogens is 1. The van der Waals surface area contributed by atoms with Crippen LogP contribution in [0, 0.1) is 11.3 Å². The lowest BCUT2D eigenvalue weighted by Gasteiger charge is -2.33. The average Bonchev–Trinajstić information content (AvgIpc) is 2.39. The molecule has 1 fully saturated rings. The highest BCUT2D eigenvalue weighted by molar-refractivity contribution is 6.30. The highest BCUT2D eigenvalue weighted by Crippen LogP contribution is 2.26. The largest absolute Gasteiger partial charge is 0.479 e. The van der Waals surface area contributed by atoms with Gasteiger partial charge in [-0.2, -0.15) is 5.26 Å². The second-order valence-corrected chi connectivity index (χ2v) is 4.35. The lowest BCUT2D eigenvalue weighted by molar-refractivity contribution is -0.150. The summed E-state index contributed by atoms with van der Waals surface area (Å²) in [6.45, 7) is 1.07. The zero-order valence-electron chi connectivity index (χ0n) is 9.47. The molecule has 0 amide bonds. The molecule has 1 heterocycles. The molecular formula is C12H11ClN2O3. The smallest absolute Gasteiger partial charge is 0.334 e. The molecule has 0 bridgehead atoms. The molecule has 1 aliphatic rings. The molecule has 1 saturated heterocycles. The normalized spacial score (nSPS) is 19.3. The van der Waals surface area contributed by atoms with Gasteiger partial charge < -0.3 is 14.7 Å². The average molecular weight is 267 g/mol. The standard InChI is InChI=1S/C12H11ClN2O3/c13-9-2-1-8(6-14)10(5-9)15-3-4-18-11(7-15)12(16)17/h1-2,5,11H,3-4,7H2,(H,16,17). The number of carboxylic acid groups (broad SMARTS) is 1. The third kappa shape index (κ3) is 2.55. The van der Waals surface area contributed by atoms with Crippen LogP contribution in [0.25, 0.3) is 0 Å². The van der Waals surface area contributed by atoms with Crippen LogP contribution in [0.5, 0.6) is 0 Å². The van der Waals surface area contributed by atoms with E-state index in [2.05, 4.69) is 6.07 Å². The monoisotopic (exact) mass is 266 g/mol. The number of hydrogen-bond acceptors (Lipinski definition) is 4. The topological polar surface area (TPSA) is 73.6 Å². The van der Waals surface area contributed by atoms with Gasteiger partial charge in [-0.15, -0.1) is 0 Å². The Morgan fingerprint density at radius 2 is 2.39 bits per heavy atom. The molecule has 1 aromatic rings. The van der Waals surface area contributed by atoms with Gasteiger partial charge in [0, 0.05) is 11.6 Å². The van der Waals surface area contributed by atoms with E-state index in [1.807, 2.05) is 4.90 Å². The van der Waals surface area contributed by atoms with E-state index >= 15 is 0 Å². The Hall–Kier alpha value is -1.77. The molecule has 0 aromatic heterocycles. The highest BCUT2D eigenvalue weighted by Gasteiger charge is 2.27. The number of rotatable bonds is 2. The minimum atomic E-state index is -1.000. The predicted molar refractivity (Wildman–Crippen MR) is 65.8 cm³/mol. The number of aliphatic carboxylic acids is 1. The van der Waals surface area contributed by atoms with Crippen LogP contribution in [-0.4, -0.2) is 36.9 Å². The van der Waals surface area contributed by atoms with Gasteiger partial charge in [-0.25, -0.2) is 4.79 Å². The Balaban J connectivity index is 2.28. The maximum absolute atomic E-state index is 10.9. The quantitative estimate of drug-likeness (QED) is 0.878. The van der Waals surface area contributed by atoms with Crippen molar-refractivity contribution in [3.63, 3.8) is 0 Å². The maximum Gasteiger partial charge on any atom is 0.334 e. The predicted octanol–water partition coefficient (Wildman–Crippen LogP) is 1.50. The number of morpholine rings is 1. The van der Waals surface area contributed by atoms with Gasteiger partial charge in [-0.3, -0.25) is 0 Å². The van der Waals surface area contributed by atoms with Gasteiger partial charge in [-0.05, 0) is 18.2 Å². The van der Waals surface area contributed by atoms with Crippen molar-refractivity contribution in [2.24, 2.45) is 0 Å². The first-order valence-corrected chi connectivity index (χ1v) is 5.78. The molecule has 1 atom stereocenters. The van der Waals surface area contributed by atoms with Gasteiger partial charge in [0.1, 0.15) is 6.07 Å². The number of nitriles is 1. The molecule has 2 rings (SSSR count). The summed E-state index contributed by atoms with van der Waals surface area (Å²) in [6.07, 6.45) is -0.871. The van der Waals surface area contributed by atoms with Gasteiger partial charge in [0.2, 0.25) is 0 Å². The molecule has 18 heavy (non-hydrogen) atoms. The molecule has 0 aliphatic carbocycles. The fourth-order valence-corrected chi connectivity index (χ4v) is 2.04. The summed E-state index contributed by atoms with van der Waals surface area (Å²) >= 11 is 5.91. The van der Waals surface area contributed by atoms with Crippen molar-refractivity contribution >= 4 is 23.3 Å². The number of carbonyl (C=O) groups is 1. The van der Waals surface area contributed by atoms with E-state index in [-0.39, 0.29) is 6.54 Å². The van der Waals surface area contributed by atoms with Crippen LogP contribution >= 0.6 is 11.6 Å². The van der Waals surface area contributed by atoms with Crippen molar-refractivity contribution in [3.8, 4) is 6.07 Å². The van der Waals surface area contributed by atoms with Crippen LogP contribution in [0.15, 0.2) is 18.2 Å². The number of hydrogen-bond donors (Lipinski definition) is 1. The molecule has 6 heteroatoms. The molecule has 0 radical (unpaired) electrons. The molecule has 5 nitrogen and oxygen atoms in total. The fourth-order valence-electron chi connectivity index (χ4n) is 1.88. The fraction of sp³-hybridized carbons (Fsp3) is 0.333. The summed E-state index contributed by atoms with van der Waals surface area (Å²) in [4.78, 5) is 12.7. The Bertz CT molecular complexity index is 513. The van der Waals surface area contributed by atoms with Gasteiger partial charge in [-0.1, -0.05) is 11.6 Å². The van der Waals surface area contributed by atoms with Crippen LogP contribution in [0.3, 0.4) is 0 Å². The zero-order chi connectivity index (χ0) is 13.1. The molecular weight excluding hydrogens is 256 g/mol. The third-order valence-electron chi connectivity index (χ3n) is 2.76. The molecule has 0 saturated carbocycles. The van der Waals surface area contributed by atoms with Crippen LogP contribution in [0.4, 0.5) is 5.69 Å². The Labute approximate surface area is 109 Å². The summed E-state index contributed by atoms with van der Waals surface area (Å²) in [5, 5.41) is 18.5. The number of carboxylic acids is 1. The molecule has 1 aliphatic heterocycles. The number of ether oxygens (including phenoxy) is 1. The summed E-state index contributed by atoms with van der Waals surface area (Å²) in [7, 11) is 0. The van der Waals surface area contributed by atoms with E-state index in [9.17, 15) is 4.79 Å². The second kappa shape index (κ2) is 5.25. The SMILES string of the molecule is N#Cc1ccc(Cl)cc1N1CCOC(C(=O)O)C1. The molecule has 1 aromatic carbocycles. The molecule has 94 valence electrons. The second-order valence-electron chi connectivity index (χ2n) is 3.92. The van der Waals surface area contributed by atoms with Gasteiger partial charge in [0.05, 0.1) is 24.4 Å². The van der Waals surface area contributed by atoms with Gasteiger partial charge >= 0.3 is 5.97 Å². The van der Waals surface area contributed by atoms with E-state index < -0.39 is 12.1 Å². The van der Waals surface area contributed by atoms with Crippen molar-refractivity contribution in [2.75, 3.05) is 24.6 Å².